The maximum atomic E-state index is 12.9. The summed E-state index contributed by atoms with van der Waals surface area (Å²) in [5.74, 6) is -1.29. The van der Waals surface area contributed by atoms with E-state index in [0.717, 1.165) is 6.07 Å². The molecule has 2 aromatic rings. The monoisotopic (exact) mass is 224 g/mol. The standard InChI is InChI=1S/C11H6F2OS/c12-9-3-8(4-10(13)5-9)11-7(6-14)1-2-15-11/h1-6H. The third kappa shape index (κ3) is 1.94. The normalized spacial score (nSPS) is 10.3. The van der Waals surface area contributed by atoms with Crippen LogP contribution in [0.1, 0.15) is 10.4 Å². The van der Waals surface area contributed by atoms with Gasteiger partial charge in [0.2, 0.25) is 0 Å². The zero-order valence-corrected chi connectivity index (χ0v) is 8.35. The Morgan fingerprint density at radius 3 is 2.40 bits per heavy atom. The molecule has 0 radical (unpaired) electrons. The van der Waals surface area contributed by atoms with Crippen LogP contribution in [0, 0.1) is 11.6 Å². The van der Waals surface area contributed by atoms with Gasteiger partial charge in [-0.05, 0) is 29.1 Å². The summed E-state index contributed by atoms with van der Waals surface area (Å²) in [6, 6.07) is 4.84. The van der Waals surface area contributed by atoms with Crippen molar-refractivity contribution in [2.24, 2.45) is 0 Å². The number of benzene rings is 1. The highest BCUT2D eigenvalue weighted by Gasteiger charge is 2.08. The van der Waals surface area contributed by atoms with Crippen molar-refractivity contribution in [2.75, 3.05) is 0 Å². The van der Waals surface area contributed by atoms with Gasteiger partial charge in [-0.1, -0.05) is 0 Å². The number of carbonyl (C=O) groups excluding carboxylic acids is 1. The first-order chi connectivity index (χ1) is 7.20. The Morgan fingerprint density at radius 2 is 1.80 bits per heavy atom. The predicted molar refractivity (Wildman–Crippen MR) is 55.1 cm³/mol. The number of rotatable bonds is 2. The van der Waals surface area contributed by atoms with Crippen molar-refractivity contribution >= 4 is 17.6 Å². The molecule has 1 heterocycles. The van der Waals surface area contributed by atoms with Gasteiger partial charge in [-0.25, -0.2) is 8.78 Å². The number of carbonyl (C=O) groups is 1. The molecule has 0 N–H and O–H groups in total. The highest BCUT2D eigenvalue weighted by Crippen LogP contribution is 2.29. The lowest BCUT2D eigenvalue weighted by molar-refractivity contribution is 0.112. The van der Waals surface area contributed by atoms with Crippen LogP contribution in [0.15, 0.2) is 29.6 Å². The molecular formula is C11H6F2OS. The van der Waals surface area contributed by atoms with E-state index >= 15 is 0 Å². The van der Waals surface area contributed by atoms with Crippen molar-refractivity contribution in [3.63, 3.8) is 0 Å². The zero-order chi connectivity index (χ0) is 10.8. The molecule has 0 atom stereocenters. The SMILES string of the molecule is O=Cc1ccsc1-c1cc(F)cc(F)c1. The second kappa shape index (κ2) is 3.90. The Bertz CT molecular complexity index is 485. The van der Waals surface area contributed by atoms with Crippen LogP contribution in [-0.2, 0) is 0 Å². The molecule has 0 spiro atoms. The van der Waals surface area contributed by atoms with Gasteiger partial charge in [0.25, 0.3) is 0 Å². The topological polar surface area (TPSA) is 17.1 Å². The van der Waals surface area contributed by atoms with E-state index in [2.05, 4.69) is 0 Å². The Balaban J connectivity index is 2.58. The highest BCUT2D eigenvalue weighted by atomic mass is 32.1. The second-order valence-electron chi connectivity index (χ2n) is 2.98. The minimum absolute atomic E-state index is 0.393. The number of halogens is 2. The van der Waals surface area contributed by atoms with Crippen molar-refractivity contribution in [1.29, 1.82) is 0 Å². The van der Waals surface area contributed by atoms with Gasteiger partial charge in [0, 0.05) is 16.5 Å². The van der Waals surface area contributed by atoms with Crippen LogP contribution in [-0.4, -0.2) is 6.29 Å². The molecule has 76 valence electrons. The third-order valence-corrected chi connectivity index (χ3v) is 2.93. The van der Waals surface area contributed by atoms with E-state index in [1.54, 1.807) is 11.4 Å². The Morgan fingerprint density at radius 1 is 1.13 bits per heavy atom. The highest BCUT2D eigenvalue weighted by molar-refractivity contribution is 7.14. The largest absolute Gasteiger partial charge is 0.298 e. The molecule has 15 heavy (non-hydrogen) atoms. The van der Waals surface area contributed by atoms with Crippen LogP contribution >= 0.6 is 11.3 Å². The fraction of sp³-hybridized carbons (Fsp3) is 0. The number of hydrogen-bond donors (Lipinski definition) is 0. The van der Waals surface area contributed by atoms with Crippen LogP contribution in [0.3, 0.4) is 0 Å². The van der Waals surface area contributed by atoms with Gasteiger partial charge in [0.15, 0.2) is 6.29 Å². The lowest BCUT2D eigenvalue weighted by Gasteiger charge is -2.00. The summed E-state index contributed by atoms with van der Waals surface area (Å²) in [5.41, 5.74) is 0.842. The van der Waals surface area contributed by atoms with E-state index in [9.17, 15) is 13.6 Å². The van der Waals surface area contributed by atoms with E-state index in [0.29, 0.717) is 22.3 Å². The van der Waals surface area contributed by atoms with Crippen LogP contribution < -0.4 is 0 Å². The van der Waals surface area contributed by atoms with Gasteiger partial charge in [-0.3, -0.25) is 4.79 Å². The summed E-state index contributed by atoms with van der Waals surface area (Å²) in [4.78, 5) is 11.2. The fourth-order valence-electron chi connectivity index (χ4n) is 1.33. The summed E-state index contributed by atoms with van der Waals surface area (Å²) < 4.78 is 25.9. The van der Waals surface area contributed by atoms with Crippen molar-refractivity contribution in [3.8, 4) is 10.4 Å². The van der Waals surface area contributed by atoms with E-state index < -0.39 is 11.6 Å². The van der Waals surface area contributed by atoms with Crippen LogP contribution in [0.4, 0.5) is 8.78 Å². The molecule has 0 saturated heterocycles. The summed E-state index contributed by atoms with van der Waals surface area (Å²) in [5, 5.41) is 1.71. The molecule has 4 heteroatoms. The number of aldehydes is 1. The summed E-state index contributed by atoms with van der Waals surface area (Å²) in [7, 11) is 0. The zero-order valence-electron chi connectivity index (χ0n) is 7.54. The van der Waals surface area contributed by atoms with Crippen molar-refractivity contribution < 1.29 is 13.6 Å². The average molecular weight is 224 g/mol. The molecule has 0 aliphatic carbocycles. The van der Waals surface area contributed by atoms with E-state index in [1.807, 2.05) is 0 Å². The number of hydrogen-bond acceptors (Lipinski definition) is 2. The summed E-state index contributed by atoms with van der Waals surface area (Å²) in [6.45, 7) is 0. The Hall–Kier alpha value is -1.55. The van der Waals surface area contributed by atoms with Crippen molar-refractivity contribution in [3.05, 3.63) is 46.8 Å². The molecule has 1 aromatic carbocycles. The molecule has 0 fully saturated rings. The molecule has 1 nitrogen and oxygen atoms in total. The quantitative estimate of drug-likeness (QED) is 0.713. The molecule has 2 rings (SSSR count). The molecule has 0 aliphatic rings. The third-order valence-electron chi connectivity index (χ3n) is 1.95. The second-order valence-corrected chi connectivity index (χ2v) is 3.90. The van der Waals surface area contributed by atoms with Crippen molar-refractivity contribution in [1.82, 2.24) is 0 Å². The first-order valence-corrected chi connectivity index (χ1v) is 5.08. The Labute approximate surface area is 89.0 Å². The van der Waals surface area contributed by atoms with Gasteiger partial charge in [-0.2, -0.15) is 0 Å². The maximum Gasteiger partial charge on any atom is 0.151 e. The lowest BCUT2D eigenvalue weighted by Crippen LogP contribution is -1.85. The minimum atomic E-state index is -0.643. The summed E-state index contributed by atoms with van der Waals surface area (Å²) in [6.07, 6.45) is 0.675. The van der Waals surface area contributed by atoms with E-state index in [1.165, 1.54) is 23.5 Å². The first-order valence-electron chi connectivity index (χ1n) is 4.20. The van der Waals surface area contributed by atoms with Crippen LogP contribution in [0.25, 0.3) is 10.4 Å². The minimum Gasteiger partial charge on any atom is -0.298 e. The lowest BCUT2D eigenvalue weighted by atomic mass is 10.1. The van der Waals surface area contributed by atoms with Gasteiger partial charge in [0.05, 0.1) is 0 Å². The van der Waals surface area contributed by atoms with Gasteiger partial charge in [-0.15, -0.1) is 11.3 Å². The molecule has 0 bridgehead atoms. The van der Waals surface area contributed by atoms with Crippen LogP contribution in [0.5, 0.6) is 0 Å². The number of thiophene rings is 1. The smallest absolute Gasteiger partial charge is 0.151 e. The van der Waals surface area contributed by atoms with Gasteiger partial charge >= 0.3 is 0 Å². The average Bonchev–Trinajstić information content (AvgIpc) is 2.63. The van der Waals surface area contributed by atoms with Gasteiger partial charge < -0.3 is 0 Å². The van der Waals surface area contributed by atoms with E-state index in [-0.39, 0.29) is 0 Å². The van der Waals surface area contributed by atoms with E-state index in [4.69, 9.17) is 0 Å². The Kier molecular flexibility index (Phi) is 2.60. The maximum absolute atomic E-state index is 12.9. The van der Waals surface area contributed by atoms with Gasteiger partial charge in [0.1, 0.15) is 11.6 Å². The summed E-state index contributed by atoms with van der Waals surface area (Å²) >= 11 is 1.28. The molecule has 0 aliphatic heterocycles. The molecule has 0 unspecified atom stereocenters. The molecular weight excluding hydrogens is 218 g/mol. The first kappa shape index (κ1) is 9.98. The van der Waals surface area contributed by atoms with Crippen LogP contribution in [0.2, 0.25) is 0 Å². The molecule has 0 amide bonds. The fourth-order valence-corrected chi connectivity index (χ4v) is 2.19. The predicted octanol–water partition coefficient (Wildman–Crippen LogP) is 3.51. The molecule has 1 aromatic heterocycles. The van der Waals surface area contributed by atoms with Crippen molar-refractivity contribution in [2.45, 2.75) is 0 Å². The molecule has 0 saturated carbocycles.